The van der Waals surface area contributed by atoms with Gasteiger partial charge in [0.25, 0.3) is 0 Å². The zero-order valence-electron chi connectivity index (χ0n) is 16.8. The SMILES string of the molecule is COC(=O)CCCCC1=CC(=O)O/C1=C\[Si](C(C)C)(C(C)C)C(C)C. The Balaban J connectivity index is 2.96. The summed E-state index contributed by atoms with van der Waals surface area (Å²) in [4.78, 5) is 23.1. The van der Waals surface area contributed by atoms with Crippen LogP contribution in [0.3, 0.4) is 0 Å². The number of methoxy groups -OCH3 is 1. The molecule has 1 heterocycles. The van der Waals surface area contributed by atoms with E-state index in [2.05, 4.69) is 52.0 Å². The summed E-state index contributed by atoms with van der Waals surface area (Å²) in [7, 11) is -0.384. The molecule has 1 aliphatic heterocycles. The van der Waals surface area contributed by atoms with E-state index < -0.39 is 8.07 Å². The molecule has 1 rings (SSSR count). The fourth-order valence-electron chi connectivity index (χ4n) is 4.15. The molecule has 0 aromatic rings. The Labute approximate surface area is 153 Å². The first-order valence-electron chi connectivity index (χ1n) is 9.37. The summed E-state index contributed by atoms with van der Waals surface area (Å²) in [5.41, 5.74) is 5.01. The minimum atomic E-state index is -1.79. The van der Waals surface area contributed by atoms with Crippen molar-refractivity contribution in [3.8, 4) is 0 Å². The molecule has 0 fully saturated rings. The van der Waals surface area contributed by atoms with Crippen molar-refractivity contribution in [2.45, 2.75) is 83.8 Å². The number of hydrogen-bond donors (Lipinski definition) is 0. The van der Waals surface area contributed by atoms with Crippen molar-refractivity contribution in [1.29, 1.82) is 0 Å². The molecule has 0 unspecified atom stereocenters. The van der Waals surface area contributed by atoms with E-state index in [9.17, 15) is 9.59 Å². The second kappa shape index (κ2) is 9.37. The van der Waals surface area contributed by atoms with Crippen LogP contribution in [0, 0.1) is 0 Å². The van der Waals surface area contributed by atoms with Gasteiger partial charge in [-0.2, -0.15) is 0 Å². The number of carbonyl (C=O) groups is 2. The Morgan fingerprint density at radius 1 is 1.12 bits per heavy atom. The topological polar surface area (TPSA) is 52.6 Å². The Bertz CT molecular complexity index is 522. The highest BCUT2D eigenvalue weighted by Crippen LogP contribution is 2.44. The normalized spacial score (nSPS) is 16.8. The molecule has 0 aromatic heterocycles. The Kier molecular flexibility index (Phi) is 8.12. The first-order chi connectivity index (χ1) is 11.6. The maximum atomic E-state index is 11.8. The maximum absolute atomic E-state index is 11.8. The van der Waals surface area contributed by atoms with E-state index in [-0.39, 0.29) is 11.9 Å². The lowest BCUT2D eigenvalue weighted by Crippen LogP contribution is -2.43. The minimum Gasteiger partial charge on any atom is -0.469 e. The van der Waals surface area contributed by atoms with Gasteiger partial charge in [-0.1, -0.05) is 47.2 Å². The molecule has 0 atom stereocenters. The molecule has 0 N–H and O–H groups in total. The lowest BCUT2D eigenvalue weighted by atomic mass is 10.1. The van der Waals surface area contributed by atoms with Crippen molar-refractivity contribution in [2.75, 3.05) is 7.11 Å². The second-order valence-electron chi connectivity index (χ2n) is 7.85. The van der Waals surface area contributed by atoms with Crippen LogP contribution >= 0.6 is 0 Å². The van der Waals surface area contributed by atoms with Crippen LogP contribution in [0.2, 0.25) is 16.6 Å². The molecule has 0 radical (unpaired) electrons. The third-order valence-electron chi connectivity index (χ3n) is 5.50. The van der Waals surface area contributed by atoms with Gasteiger partial charge in [0, 0.05) is 18.1 Å². The highest BCUT2D eigenvalue weighted by Gasteiger charge is 2.42. The van der Waals surface area contributed by atoms with E-state index in [4.69, 9.17) is 4.74 Å². The number of carbonyl (C=O) groups excluding carboxylic acids is 2. The molecular formula is C20H34O4Si. The molecule has 1 aliphatic rings. The predicted molar refractivity (Wildman–Crippen MR) is 104 cm³/mol. The fourth-order valence-corrected chi connectivity index (χ4v) is 9.85. The van der Waals surface area contributed by atoms with E-state index in [1.165, 1.54) is 7.11 Å². The van der Waals surface area contributed by atoms with Crippen LogP contribution in [-0.4, -0.2) is 27.1 Å². The van der Waals surface area contributed by atoms with E-state index in [1.807, 2.05) is 0 Å². The summed E-state index contributed by atoms with van der Waals surface area (Å²) >= 11 is 0. The molecule has 142 valence electrons. The smallest absolute Gasteiger partial charge is 0.336 e. The van der Waals surface area contributed by atoms with Gasteiger partial charge in [0.15, 0.2) is 0 Å². The summed E-state index contributed by atoms with van der Waals surface area (Å²) in [6.45, 7) is 13.7. The molecule has 0 amide bonds. The average Bonchev–Trinajstić information content (AvgIpc) is 2.87. The van der Waals surface area contributed by atoms with Gasteiger partial charge in [0.05, 0.1) is 15.2 Å². The molecule has 0 saturated heterocycles. The summed E-state index contributed by atoms with van der Waals surface area (Å²) in [6.07, 6.45) is 4.39. The van der Waals surface area contributed by atoms with Crippen LogP contribution in [0.4, 0.5) is 0 Å². The molecular weight excluding hydrogens is 332 g/mol. The van der Waals surface area contributed by atoms with Crippen molar-refractivity contribution in [3.63, 3.8) is 0 Å². The first-order valence-corrected chi connectivity index (χ1v) is 11.7. The third kappa shape index (κ3) is 5.30. The summed E-state index contributed by atoms with van der Waals surface area (Å²) in [5.74, 6) is 0.313. The van der Waals surface area contributed by atoms with Gasteiger partial charge in [-0.3, -0.25) is 4.79 Å². The summed E-state index contributed by atoms with van der Waals surface area (Å²) < 4.78 is 10.2. The van der Waals surface area contributed by atoms with Crippen LogP contribution in [0.15, 0.2) is 23.1 Å². The summed E-state index contributed by atoms with van der Waals surface area (Å²) in [5, 5.41) is 0. The van der Waals surface area contributed by atoms with Gasteiger partial charge in [0.2, 0.25) is 0 Å². The van der Waals surface area contributed by atoms with Crippen LogP contribution in [0.25, 0.3) is 0 Å². The molecule has 4 nitrogen and oxygen atoms in total. The van der Waals surface area contributed by atoms with Crippen LogP contribution in [0.5, 0.6) is 0 Å². The summed E-state index contributed by atoms with van der Waals surface area (Å²) in [6, 6.07) is 0. The van der Waals surface area contributed by atoms with Crippen molar-refractivity contribution in [3.05, 3.63) is 23.1 Å². The Morgan fingerprint density at radius 2 is 1.68 bits per heavy atom. The van der Waals surface area contributed by atoms with Crippen molar-refractivity contribution in [2.24, 2.45) is 0 Å². The average molecular weight is 367 g/mol. The van der Waals surface area contributed by atoms with Gasteiger partial charge in [-0.15, -0.1) is 0 Å². The predicted octanol–water partition coefficient (Wildman–Crippen LogP) is 5.30. The molecule has 5 heteroatoms. The Hall–Kier alpha value is -1.36. The number of esters is 2. The standard InChI is InChI=1S/C20H34O4Si/c1-14(2)25(15(3)4,16(5)6)13-18-17(12-20(22)24-18)10-8-9-11-19(21)23-7/h12-16H,8-11H2,1-7H3/b18-13-. The molecule has 0 spiro atoms. The van der Waals surface area contributed by atoms with Crippen LogP contribution in [-0.2, 0) is 19.1 Å². The highest BCUT2D eigenvalue weighted by atomic mass is 28.3. The lowest BCUT2D eigenvalue weighted by molar-refractivity contribution is -0.140. The number of rotatable bonds is 9. The number of ether oxygens (including phenoxy) is 2. The maximum Gasteiger partial charge on any atom is 0.336 e. The highest BCUT2D eigenvalue weighted by molar-refractivity contribution is 6.88. The van der Waals surface area contributed by atoms with E-state index >= 15 is 0 Å². The molecule has 0 aromatic carbocycles. The Morgan fingerprint density at radius 3 is 2.16 bits per heavy atom. The van der Waals surface area contributed by atoms with Gasteiger partial charge < -0.3 is 9.47 Å². The largest absolute Gasteiger partial charge is 0.469 e. The number of hydrogen-bond acceptors (Lipinski definition) is 4. The molecule has 0 saturated carbocycles. The van der Waals surface area contributed by atoms with Gasteiger partial charge in [-0.25, -0.2) is 4.79 Å². The van der Waals surface area contributed by atoms with Crippen LogP contribution < -0.4 is 0 Å². The van der Waals surface area contributed by atoms with E-state index in [0.717, 1.165) is 30.6 Å². The fraction of sp³-hybridized carbons (Fsp3) is 0.700. The second-order valence-corrected chi connectivity index (χ2v) is 13.6. The van der Waals surface area contributed by atoms with Crippen molar-refractivity contribution in [1.82, 2.24) is 0 Å². The zero-order chi connectivity index (χ0) is 19.2. The van der Waals surface area contributed by atoms with Gasteiger partial charge in [-0.05, 0) is 35.9 Å². The van der Waals surface area contributed by atoms with Gasteiger partial charge in [0.1, 0.15) is 5.76 Å². The lowest BCUT2D eigenvalue weighted by Gasteiger charge is -2.40. The quantitative estimate of drug-likeness (QED) is 0.315. The number of unbranched alkanes of at least 4 members (excludes halogenated alkanes) is 1. The number of allylic oxidation sites excluding steroid dienone is 1. The number of cyclic esters (lactones) is 1. The van der Waals surface area contributed by atoms with E-state index in [1.54, 1.807) is 6.08 Å². The van der Waals surface area contributed by atoms with E-state index in [0.29, 0.717) is 23.0 Å². The van der Waals surface area contributed by atoms with Crippen molar-refractivity contribution >= 4 is 20.0 Å². The first kappa shape index (κ1) is 21.7. The monoisotopic (exact) mass is 366 g/mol. The van der Waals surface area contributed by atoms with Crippen LogP contribution in [0.1, 0.15) is 67.2 Å². The zero-order valence-corrected chi connectivity index (χ0v) is 17.8. The molecule has 0 aliphatic carbocycles. The minimum absolute atomic E-state index is 0.186. The molecule has 25 heavy (non-hydrogen) atoms. The van der Waals surface area contributed by atoms with Crippen molar-refractivity contribution < 1.29 is 19.1 Å². The third-order valence-corrected chi connectivity index (χ3v) is 12.3. The van der Waals surface area contributed by atoms with Gasteiger partial charge >= 0.3 is 11.9 Å². The molecule has 0 bridgehead atoms.